The SMILES string of the molecule is Cc1cc(CNCC2CCC2)c(C)n1C. The molecule has 1 aliphatic rings. The van der Waals surface area contributed by atoms with E-state index in [0.29, 0.717) is 0 Å². The van der Waals surface area contributed by atoms with E-state index in [9.17, 15) is 0 Å². The van der Waals surface area contributed by atoms with Gasteiger partial charge in [0.2, 0.25) is 0 Å². The summed E-state index contributed by atoms with van der Waals surface area (Å²) < 4.78 is 2.26. The molecule has 1 aliphatic carbocycles. The number of rotatable bonds is 4. The molecule has 0 aliphatic heterocycles. The zero-order valence-electron chi connectivity index (χ0n) is 10.1. The summed E-state index contributed by atoms with van der Waals surface area (Å²) in [6, 6.07) is 2.29. The van der Waals surface area contributed by atoms with Gasteiger partial charge in [-0.25, -0.2) is 0 Å². The van der Waals surface area contributed by atoms with Crippen molar-refractivity contribution in [1.82, 2.24) is 9.88 Å². The van der Waals surface area contributed by atoms with Gasteiger partial charge in [-0.15, -0.1) is 0 Å². The minimum absolute atomic E-state index is 0.954. The van der Waals surface area contributed by atoms with Gasteiger partial charge < -0.3 is 9.88 Å². The van der Waals surface area contributed by atoms with Gasteiger partial charge in [-0.3, -0.25) is 0 Å². The average Bonchev–Trinajstić information content (AvgIpc) is 2.38. The molecule has 1 fully saturated rings. The fourth-order valence-corrected chi connectivity index (χ4v) is 2.22. The quantitative estimate of drug-likeness (QED) is 0.801. The molecule has 15 heavy (non-hydrogen) atoms. The number of aromatic nitrogens is 1. The molecule has 1 saturated carbocycles. The smallest absolute Gasteiger partial charge is 0.0223 e. The summed E-state index contributed by atoms with van der Waals surface area (Å²) >= 11 is 0. The minimum atomic E-state index is 0.954. The van der Waals surface area contributed by atoms with Crippen LogP contribution in [0.15, 0.2) is 6.07 Å². The van der Waals surface area contributed by atoms with Crippen molar-refractivity contribution in [3.05, 3.63) is 23.0 Å². The summed E-state index contributed by atoms with van der Waals surface area (Å²) in [6.07, 6.45) is 4.30. The molecular weight excluding hydrogens is 184 g/mol. The first kappa shape index (κ1) is 10.7. The Balaban J connectivity index is 1.84. The number of hydrogen-bond donors (Lipinski definition) is 1. The zero-order valence-corrected chi connectivity index (χ0v) is 10.1. The summed E-state index contributed by atoms with van der Waals surface area (Å²) in [5.41, 5.74) is 4.20. The van der Waals surface area contributed by atoms with Crippen LogP contribution in [0.2, 0.25) is 0 Å². The van der Waals surface area contributed by atoms with Gasteiger partial charge >= 0.3 is 0 Å². The van der Waals surface area contributed by atoms with Crippen LogP contribution < -0.4 is 5.32 Å². The summed E-state index contributed by atoms with van der Waals surface area (Å²) in [7, 11) is 2.14. The van der Waals surface area contributed by atoms with E-state index in [2.05, 4.69) is 36.8 Å². The molecule has 1 aromatic heterocycles. The van der Waals surface area contributed by atoms with E-state index in [4.69, 9.17) is 0 Å². The molecule has 0 atom stereocenters. The van der Waals surface area contributed by atoms with Crippen molar-refractivity contribution < 1.29 is 0 Å². The molecule has 0 spiro atoms. The van der Waals surface area contributed by atoms with Crippen LogP contribution in [-0.4, -0.2) is 11.1 Å². The van der Waals surface area contributed by atoms with Crippen molar-refractivity contribution in [2.45, 2.75) is 39.7 Å². The van der Waals surface area contributed by atoms with Crippen molar-refractivity contribution in [3.8, 4) is 0 Å². The van der Waals surface area contributed by atoms with E-state index in [0.717, 1.165) is 12.5 Å². The fraction of sp³-hybridized carbons (Fsp3) is 0.692. The monoisotopic (exact) mass is 206 g/mol. The summed E-state index contributed by atoms with van der Waals surface area (Å²) in [5.74, 6) is 0.954. The van der Waals surface area contributed by atoms with Gasteiger partial charge in [-0.05, 0) is 50.8 Å². The molecule has 84 valence electrons. The van der Waals surface area contributed by atoms with Crippen LogP contribution in [-0.2, 0) is 13.6 Å². The Hall–Kier alpha value is -0.760. The first-order chi connectivity index (χ1) is 7.18. The molecule has 0 unspecified atom stereocenters. The maximum atomic E-state index is 3.57. The Morgan fingerprint density at radius 3 is 2.60 bits per heavy atom. The van der Waals surface area contributed by atoms with Crippen molar-refractivity contribution in [2.24, 2.45) is 13.0 Å². The second kappa shape index (κ2) is 4.40. The Morgan fingerprint density at radius 1 is 1.40 bits per heavy atom. The molecule has 2 nitrogen and oxygen atoms in total. The van der Waals surface area contributed by atoms with E-state index in [-0.39, 0.29) is 0 Å². The molecule has 1 aromatic rings. The van der Waals surface area contributed by atoms with Crippen LogP contribution in [0.5, 0.6) is 0 Å². The number of aryl methyl sites for hydroxylation is 1. The third-order valence-corrected chi connectivity index (χ3v) is 3.85. The first-order valence-corrected chi connectivity index (χ1v) is 6.01. The highest BCUT2D eigenvalue weighted by molar-refractivity contribution is 5.26. The maximum Gasteiger partial charge on any atom is 0.0223 e. The van der Waals surface area contributed by atoms with Crippen LogP contribution in [0, 0.1) is 19.8 Å². The van der Waals surface area contributed by atoms with Crippen molar-refractivity contribution >= 4 is 0 Å². The van der Waals surface area contributed by atoms with Crippen LogP contribution in [0.4, 0.5) is 0 Å². The predicted octanol–water partition coefficient (Wildman–Crippen LogP) is 2.53. The van der Waals surface area contributed by atoms with E-state index in [1.165, 1.54) is 42.8 Å². The molecule has 1 N–H and O–H groups in total. The lowest BCUT2D eigenvalue weighted by atomic mass is 9.85. The highest BCUT2D eigenvalue weighted by Crippen LogP contribution is 2.25. The molecule has 2 rings (SSSR count). The molecule has 0 radical (unpaired) electrons. The second-order valence-electron chi connectivity index (χ2n) is 4.88. The third-order valence-electron chi connectivity index (χ3n) is 3.85. The number of hydrogen-bond acceptors (Lipinski definition) is 1. The lowest BCUT2D eigenvalue weighted by Crippen LogP contribution is -2.27. The summed E-state index contributed by atoms with van der Waals surface area (Å²) in [4.78, 5) is 0. The fourth-order valence-electron chi connectivity index (χ4n) is 2.22. The van der Waals surface area contributed by atoms with E-state index in [1.807, 2.05) is 0 Å². The largest absolute Gasteiger partial charge is 0.352 e. The maximum absolute atomic E-state index is 3.57. The molecule has 0 bridgehead atoms. The van der Waals surface area contributed by atoms with E-state index in [1.54, 1.807) is 0 Å². The summed E-state index contributed by atoms with van der Waals surface area (Å²) in [5, 5.41) is 3.57. The minimum Gasteiger partial charge on any atom is -0.352 e. The van der Waals surface area contributed by atoms with Crippen LogP contribution in [0.3, 0.4) is 0 Å². The molecule has 0 aromatic carbocycles. The topological polar surface area (TPSA) is 17.0 Å². The first-order valence-electron chi connectivity index (χ1n) is 6.01. The summed E-state index contributed by atoms with van der Waals surface area (Å²) in [6.45, 7) is 6.60. The highest BCUT2D eigenvalue weighted by atomic mass is 15.0. The Bertz CT molecular complexity index is 335. The van der Waals surface area contributed by atoms with Crippen molar-refractivity contribution in [3.63, 3.8) is 0 Å². The van der Waals surface area contributed by atoms with Gasteiger partial charge in [-0.2, -0.15) is 0 Å². The van der Waals surface area contributed by atoms with Gasteiger partial charge in [0.05, 0.1) is 0 Å². The second-order valence-corrected chi connectivity index (χ2v) is 4.88. The standard InChI is InChI=1S/C13H22N2/c1-10-7-13(11(2)15(10)3)9-14-8-12-5-4-6-12/h7,12,14H,4-6,8-9H2,1-3H3. The highest BCUT2D eigenvalue weighted by Gasteiger charge is 2.16. The lowest BCUT2D eigenvalue weighted by Gasteiger charge is -2.25. The molecular formula is C13H22N2. The molecule has 1 heterocycles. The molecule has 2 heteroatoms. The molecule has 0 amide bonds. The number of nitrogens with one attached hydrogen (secondary N) is 1. The van der Waals surface area contributed by atoms with Gasteiger partial charge in [0.15, 0.2) is 0 Å². The Kier molecular flexibility index (Phi) is 3.15. The van der Waals surface area contributed by atoms with Crippen molar-refractivity contribution in [1.29, 1.82) is 0 Å². The zero-order chi connectivity index (χ0) is 10.8. The third kappa shape index (κ3) is 2.25. The van der Waals surface area contributed by atoms with Gasteiger partial charge in [0.25, 0.3) is 0 Å². The van der Waals surface area contributed by atoms with E-state index >= 15 is 0 Å². The van der Waals surface area contributed by atoms with Crippen LogP contribution in [0.25, 0.3) is 0 Å². The Labute approximate surface area is 92.7 Å². The van der Waals surface area contributed by atoms with Crippen LogP contribution >= 0.6 is 0 Å². The van der Waals surface area contributed by atoms with Gasteiger partial charge in [0, 0.05) is 25.0 Å². The average molecular weight is 206 g/mol. The van der Waals surface area contributed by atoms with Crippen molar-refractivity contribution in [2.75, 3.05) is 6.54 Å². The predicted molar refractivity (Wildman–Crippen MR) is 63.9 cm³/mol. The van der Waals surface area contributed by atoms with Gasteiger partial charge in [-0.1, -0.05) is 6.42 Å². The normalized spacial score (nSPS) is 16.7. The molecule has 0 saturated heterocycles. The van der Waals surface area contributed by atoms with Crippen LogP contribution in [0.1, 0.15) is 36.2 Å². The number of nitrogens with zero attached hydrogens (tertiary/aromatic N) is 1. The van der Waals surface area contributed by atoms with E-state index < -0.39 is 0 Å². The lowest BCUT2D eigenvalue weighted by molar-refractivity contribution is 0.301. The van der Waals surface area contributed by atoms with Gasteiger partial charge in [0.1, 0.15) is 0 Å². The Morgan fingerprint density at radius 2 is 2.13 bits per heavy atom.